The van der Waals surface area contributed by atoms with Crippen LogP contribution in [0, 0.1) is 0 Å². The highest BCUT2D eigenvalue weighted by molar-refractivity contribution is 5.61. The lowest BCUT2D eigenvalue weighted by Gasteiger charge is -2.13. The summed E-state index contributed by atoms with van der Waals surface area (Å²) in [5.74, 6) is 7.90. The van der Waals surface area contributed by atoms with Gasteiger partial charge in [-0.15, -0.1) is 0 Å². The van der Waals surface area contributed by atoms with Gasteiger partial charge in [-0.3, -0.25) is 5.43 Å². The number of benzene rings is 1. The first-order valence-electron chi connectivity index (χ1n) is 6.22. The molecule has 0 atom stereocenters. The average molecular weight is 289 g/mol. The smallest absolute Gasteiger partial charge is 0.243 e. The minimum atomic E-state index is 0.233. The van der Waals surface area contributed by atoms with Crippen LogP contribution in [-0.4, -0.2) is 35.8 Å². The molecule has 1 aromatic carbocycles. The zero-order valence-corrected chi connectivity index (χ0v) is 11.6. The monoisotopic (exact) mass is 289 g/mol. The Bertz CT molecular complexity index is 662. The van der Waals surface area contributed by atoms with Crippen molar-refractivity contribution in [3.05, 3.63) is 18.2 Å². The molecule has 0 aliphatic carbocycles. The molecule has 2 heterocycles. The minimum Gasteiger partial charge on any atom is -0.454 e. The number of anilines is 4. The lowest BCUT2D eigenvalue weighted by Crippen LogP contribution is -2.18. The number of ether oxygens (including phenoxy) is 2. The van der Waals surface area contributed by atoms with E-state index in [9.17, 15) is 0 Å². The van der Waals surface area contributed by atoms with Gasteiger partial charge >= 0.3 is 0 Å². The number of nitrogens with two attached hydrogens (primary N) is 1. The topological polar surface area (TPSA) is 110 Å². The maximum atomic E-state index is 5.37. The molecule has 0 unspecified atom stereocenters. The minimum absolute atomic E-state index is 0.233. The largest absolute Gasteiger partial charge is 0.454 e. The highest BCUT2D eigenvalue weighted by atomic mass is 16.7. The number of rotatable bonds is 4. The summed E-state index contributed by atoms with van der Waals surface area (Å²) in [5.41, 5.74) is 3.19. The molecule has 9 nitrogen and oxygen atoms in total. The van der Waals surface area contributed by atoms with Gasteiger partial charge in [0.2, 0.25) is 24.6 Å². The van der Waals surface area contributed by atoms with Crippen LogP contribution in [0.2, 0.25) is 0 Å². The number of hydrogen-bond donors (Lipinski definition) is 3. The summed E-state index contributed by atoms with van der Waals surface area (Å²) in [6.45, 7) is 0.233. The van der Waals surface area contributed by atoms with Crippen molar-refractivity contribution in [2.45, 2.75) is 0 Å². The summed E-state index contributed by atoms with van der Waals surface area (Å²) in [4.78, 5) is 14.3. The van der Waals surface area contributed by atoms with Crippen molar-refractivity contribution in [2.24, 2.45) is 5.84 Å². The predicted molar refractivity (Wildman–Crippen MR) is 77.8 cm³/mol. The molecule has 9 heteroatoms. The quantitative estimate of drug-likeness (QED) is 0.553. The predicted octanol–water partition coefficient (Wildman–Crippen LogP) is 0.695. The van der Waals surface area contributed by atoms with Crippen molar-refractivity contribution >= 4 is 23.5 Å². The van der Waals surface area contributed by atoms with Gasteiger partial charge in [0.05, 0.1) is 0 Å². The van der Waals surface area contributed by atoms with Crippen LogP contribution in [0.25, 0.3) is 0 Å². The van der Waals surface area contributed by atoms with Gasteiger partial charge in [0.25, 0.3) is 0 Å². The van der Waals surface area contributed by atoms with Crippen LogP contribution in [0.1, 0.15) is 0 Å². The van der Waals surface area contributed by atoms with Gasteiger partial charge in [-0.25, -0.2) is 5.84 Å². The zero-order chi connectivity index (χ0) is 14.8. The molecule has 0 fully saturated rings. The summed E-state index contributed by atoms with van der Waals surface area (Å²) < 4.78 is 10.6. The van der Waals surface area contributed by atoms with Gasteiger partial charge in [-0.2, -0.15) is 15.0 Å². The van der Waals surface area contributed by atoms with E-state index in [-0.39, 0.29) is 12.7 Å². The van der Waals surface area contributed by atoms with Crippen LogP contribution in [0.5, 0.6) is 11.5 Å². The first kappa shape index (κ1) is 13.2. The highest BCUT2D eigenvalue weighted by Gasteiger charge is 2.14. The molecular weight excluding hydrogens is 274 g/mol. The van der Waals surface area contributed by atoms with Gasteiger partial charge in [0.15, 0.2) is 11.5 Å². The van der Waals surface area contributed by atoms with E-state index in [4.69, 9.17) is 15.3 Å². The number of fused-ring (bicyclic) bond motifs is 1. The summed E-state index contributed by atoms with van der Waals surface area (Å²) in [7, 11) is 3.67. The number of nitrogen functional groups attached to an aromatic ring is 1. The Morgan fingerprint density at radius 1 is 1.10 bits per heavy atom. The lowest BCUT2D eigenvalue weighted by molar-refractivity contribution is 0.174. The number of nitrogens with one attached hydrogen (secondary N) is 2. The SMILES string of the molecule is CN(C)c1nc(NN)nc(Nc2ccc3c(c2)OCO3)n1. The number of aromatic nitrogens is 3. The molecule has 110 valence electrons. The molecule has 3 rings (SSSR count). The second-order valence-corrected chi connectivity index (χ2v) is 4.51. The van der Waals surface area contributed by atoms with Crippen LogP contribution >= 0.6 is 0 Å². The third-order valence-corrected chi connectivity index (χ3v) is 2.78. The van der Waals surface area contributed by atoms with Crippen LogP contribution in [0.4, 0.5) is 23.5 Å². The van der Waals surface area contributed by atoms with Crippen LogP contribution in [-0.2, 0) is 0 Å². The van der Waals surface area contributed by atoms with Crippen LogP contribution in [0.3, 0.4) is 0 Å². The van der Waals surface area contributed by atoms with Crippen LogP contribution < -0.4 is 31.0 Å². The van der Waals surface area contributed by atoms with E-state index < -0.39 is 0 Å². The van der Waals surface area contributed by atoms with Crippen molar-refractivity contribution in [2.75, 3.05) is 36.5 Å². The van der Waals surface area contributed by atoms with Crippen molar-refractivity contribution in [3.8, 4) is 11.5 Å². The van der Waals surface area contributed by atoms with E-state index in [0.29, 0.717) is 17.6 Å². The molecule has 21 heavy (non-hydrogen) atoms. The molecule has 4 N–H and O–H groups in total. The summed E-state index contributed by atoms with van der Waals surface area (Å²) in [6.07, 6.45) is 0. The molecule has 1 aliphatic rings. The average Bonchev–Trinajstić information content (AvgIpc) is 2.94. The molecule has 0 amide bonds. The molecule has 0 bridgehead atoms. The molecular formula is C12H15N7O2. The van der Waals surface area contributed by atoms with Gasteiger partial charge in [0, 0.05) is 25.8 Å². The van der Waals surface area contributed by atoms with Gasteiger partial charge in [0.1, 0.15) is 0 Å². The number of hydrogen-bond acceptors (Lipinski definition) is 9. The van der Waals surface area contributed by atoms with Crippen molar-refractivity contribution in [3.63, 3.8) is 0 Å². The summed E-state index contributed by atoms with van der Waals surface area (Å²) >= 11 is 0. The maximum Gasteiger partial charge on any atom is 0.243 e. The third-order valence-electron chi connectivity index (χ3n) is 2.78. The second kappa shape index (κ2) is 5.29. The van der Waals surface area contributed by atoms with E-state index in [1.807, 2.05) is 32.3 Å². The van der Waals surface area contributed by atoms with E-state index >= 15 is 0 Å². The fourth-order valence-corrected chi connectivity index (χ4v) is 1.79. The molecule has 0 spiro atoms. The molecule has 0 saturated heterocycles. The fourth-order valence-electron chi connectivity index (χ4n) is 1.79. The van der Waals surface area contributed by atoms with Crippen molar-refractivity contribution < 1.29 is 9.47 Å². The first-order chi connectivity index (χ1) is 10.2. The van der Waals surface area contributed by atoms with Crippen molar-refractivity contribution in [1.82, 2.24) is 15.0 Å². The van der Waals surface area contributed by atoms with Gasteiger partial charge in [-0.1, -0.05) is 0 Å². The summed E-state index contributed by atoms with van der Waals surface area (Å²) in [6, 6.07) is 5.49. The van der Waals surface area contributed by atoms with E-state index in [0.717, 1.165) is 11.4 Å². The Morgan fingerprint density at radius 3 is 2.62 bits per heavy atom. The molecule has 1 aromatic heterocycles. The normalized spacial score (nSPS) is 12.1. The molecule has 0 saturated carbocycles. The van der Waals surface area contributed by atoms with Gasteiger partial charge < -0.3 is 19.7 Å². The summed E-state index contributed by atoms with van der Waals surface area (Å²) in [5, 5.41) is 3.08. The lowest BCUT2D eigenvalue weighted by atomic mass is 10.3. The Hall–Kier alpha value is -2.81. The Labute approximate surface area is 121 Å². The number of nitrogens with zero attached hydrogens (tertiary/aromatic N) is 4. The highest BCUT2D eigenvalue weighted by Crippen LogP contribution is 2.34. The van der Waals surface area contributed by atoms with E-state index in [1.54, 1.807) is 4.90 Å². The van der Waals surface area contributed by atoms with Crippen molar-refractivity contribution in [1.29, 1.82) is 0 Å². The van der Waals surface area contributed by atoms with Crippen LogP contribution in [0.15, 0.2) is 18.2 Å². The molecule has 1 aliphatic heterocycles. The maximum absolute atomic E-state index is 5.37. The Morgan fingerprint density at radius 2 is 1.86 bits per heavy atom. The second-order valence-electron chi connectivity index (χ2n) is 4.51. The third kappa shape index (κ3) is 2.72. The Kier molecular flexibility index (Phi) is 3.32. The number of hydrazine groups is 1. The molecule has 0 radical (unpaired) electrons. The Balaban J connectivity index is 1.88. The zero-order valence-electron chi connectivity index (χ0n) is 11.6. The molecule has 2 aromatic rings. The standard InChI is InChI=1S/C12H15N7O2/c1-19(2)12-16-10(15-11(17-12)18-13)14-7-3-4-8-9(5-7)21-6-20-8/h3-5H,6,13H2,1-2H3,(H2,14,15,16,17,18). The van der Waals surface area contributed by atoms with Gasteiger partial charge in [-0.05, 0) is 12.1 Å². The first-order valence-corrected chi connectivity index (χ1v) is 6.22. The fraction of sp³-hybridized carbons (Fsp3) is 0.250. The van der Waals surface area contributed by atoms with E-state index in [1.165, 1.54) is 0 Å². The van der Waals surface area contributed by atoms with E-state index in [2.05, 4.69) is 25.7 Å².